The first-order valence-corrected chi connectivity index (χ1v) is 3.30. The Labute approximate surface area is 62.9 Å². The lowest BCUT2D eigenvalue weighted by molar-refractivity contribution is 0.351. The first-order valence-electron chi connectivity index (χ1n) is 2.99. The molecule has 0 heterocycles. The first kappa shape index (κ1) is 11.9. The van der Waals surface area contributed by atoms with Gasteiger partial charge in [0, 0.05) is 0 Å². The number of hydrogen-bond donors (Lipinski definition) is 0. The summed E-state index contributed by atoms with van der Waals surface area (Å²) in [5.74, 6) is 0. The minimum atomic E-state index is 0.654. The fraction of sp³-hybridized carbons (Fsp3) is 1.00. The van der Waals surface area contributed by atoms with Crippen LogP contribution in [0.2, 0.25) is 0 Å². The molecular weight excluding hydrogens is 138 g/mol. The summed E-state index contributed by atoms with van der Waals surface area (Å²) in [5, 5.41) is 0. The lowest BCUT2D eigenvalue weighted by atomic mass is 10.5. The molecule has 0 radical (unpaired) electrons. The second-order valence-electron chi connectivity index (χ2n) is 2.15. The van der Waals surface area contributed by atoms with Crippen molar-refractivity contribution >= 4 is 11.9 Å². The number of rotatable bonds is 2. The van der Waals surface area contributed by atoms with E-state index in [1.165, 1.54) is 0 Å². The summed E-state index contributed by atoms with van der Waals surface area (Å²) in [5.41, 5.74) is 0. The highest BCUT2D eigenvalue weighted by Crippen LogP contribution is 1.80. The van der Waals surface area contributed by atoms with E-state index in [1.54, 1.807) is 0 Å². The smallest absolute Gasteiger partial charge is 0.0679 e. The molecule has 0 aliphatic carbocycles. The van der Waals surface area contributed by atoms with Crippen LogP contribution in [0.5, 0.6) is 0 Å². The van der Waals surface area contributed by atoms with E-state index >= 15 is 0 Å². The van der Waals surface area contributed by atoms with Gasteiger partial charge in [0.15, 0.2) is 0 Å². The molecule has 0 amide bonds. The fourth-order valence-electron chi connectivity index (χ4n) is 0.0772. The Morgan fingerprint density at radius 1 is 1.33 bits per heavy atom. The summed E-state index contributed by atoms with van der Waals surface area (Å²) in [6, 6.07) is 0. The van der Waals surface area contributed by atoms with Gasteiger partial charge >= 0.3 is 0 Å². The predicted octanol–water partition coefficient (Wildman–Crippen LogP) is 1.74. The summed E-state index contributed by atoms with van der Waals surface area (Å²) in [6.07, 6.45) is 0.990. The third kappa shape index (κ3) is 64.8. The van der Waals surface area contributed by atoms with E-state index in [2.05, 4.69) is 4.29 Å². The monoisotopic (exact) mass is 153 g/mol. The summed E-state index contributed by atoms with van der Waals surface area (Å²) >= 11 is 4.80. The van der Waals surface area contributed by atoms with Crippen LogP contribution >= 0.6 is 11.9 Å². The molecule has 0 aromatic carbocycles. The van der Waals surface area contributed by atoms with Gasteiger partial charge in [-0.2, -0.15) is 0 Å². The minimum Gasteiger partial charge on any atom is -0.312 e. The molecule has 0 atom stereocenters. The molecule has 0 aromatic rings. The van der Waals surface area contributed by atoms with E-state index < -0.39 is 0 Å². The van der Waals surface area contributed by atoms with Crippen molar-refractivity contribution in [3.05, 3.63) is 0 Å². The van der Waals surface area contributed by atoms with Gasteiger partial charge in [0.05, 0.1) is 18.5 Å². The maximum atomic E-state index is 4.80. The second-order valence-corrected chi connectivity index (χ2v) is 2.37. The van der Waals surface area contributed by atoms with Crippen LogP contribution < -0.4 is 0 Å². The van der Waals surface area contributed by atoms with Crippen molar-refractivity contribution in [1.29, 1.82) is 0 Å². The van der Waals surface area contributed by atoms with Crippen molar-refractivity contribution in [2.24, 2.45) is 0 Å². The molecule has 0 aliphatic rings. The van der Waals surface area contributed by atoms with Crippen LogP contribution in [0.1, 0.15) is 13.3 Å². The molecule has 0 saturated heterocycles. The molecule has 0 unspecified atom stereocenters. The molecular formula is C6H16ClNO. The Kier molecular flexibility index (Phi) is 14.7. The maximum Gasteiger partial charge on any atom is 0.0679 e. The molecule has 0 N–H and O–H groups in total. The maximum absolute atomic E-state index is 4.80. The molecule has 58 valence electrons. The van der Waals surface area contributed by atoms with Crippen LogP contribution in [0, 0.1) is 0 Å². The van der Waals surface area contributed by atoms with E-state index in [0.29, 0.717) is 6.61 Å². The summed E-state index contributed by atoms with van der Waals surface area (Å²) in [6.45, 7) is 2.66. The third-order valence-electron chi connectivity index (χ3n) is 0.281. The Morgan fingerprint density at radius 2 is 1.67 bits per heavy atom. The Hall–Kier alpha value is 0.210. The highest BCUT2D eigenvalue weighted by molar-refractivity contribution is 6.07. The van der Waals surface area contributed by atoms with Gasteiger partial charge < -0.3 is 4.90 Å². The first-order chi connectivity index (χ1) is 4.15. The number of halogens is 1. The average Bonchev–Trinajstić information content (AvgIpc) is 1.66. The Bertz CT molecular complexity index is 37.3. The second kappa shape index (κ2) is 11.1. The van der Waals surface area contributed by atoms with E-state index in [9.17, 15) is 0 Å². The van der Waals surface area contributed by atoms with Gasteiger partial charge in [-0.3, -0.25) is 4.29 Å². The topological polar surface area (TPSA) is 12.5 Å². The molecule has 0 rings (SSSR count). The van der Waals surface area contributed by atoms with E-state index in [0.717, 1.165) is 6.42 Å². The van der Waals surface area contributed by atoms with E-state index in [4.69, 9.17) is 11.9 Å². The molecule has 0 saturated carbocycles. The summed E-state index contributed by atoms with van der Waals surface area (Å²) < 4.78 is 4.16. The average molecular weight is 154 g/mol. The molecule has 0 fully saturated rings. The molecule has 0 bridgehead atoms. The number of hydrogen-bond acceptors (Lipinski definition) is 2. The van der Waals surface area contributed by atoms with Crippen molar-refractivity contribution < 1.29 is 4.29 Å². The normalized spacial score (nSPS) is 8.67. The van der Waals surface area contributed by atoms with Crippen LogP contribution in [-0.2, 0) is 4.29 Å². The van der Waals surface area contributed by atoms with Crippen LogP contribution in [-0.4, -0.2) is 32.6 Å². The van der Waals surface area contributed by atoms with Gasteiger partial charge in [0.2, 0.25) is 0 Å². The van der Waals surface area contributed by atoms with E-state index in [-0.39, 0.29) is 0 Å². The lowest BCUT2D eigenvalue weighted by Crippen LogP contribution is -1.99. The summed E-state index contributed by atoms with van der Waals surface area (Å²) in [4.78, 5) is 2.00. The van der Waals surface area contributed by atoms with Crippen LogP contribution in [0.4, 0.5) is 0 Å². The highest BCUT2D eigenvalue weighted by Gasteiger charge is 1.69. The highest BCUT2D eigenvalue weighted by atomic mass is 35.5. The molecule has 0 aliphatic heterocycles. The standard InChI is InChI=1S/C3H7ClO.C3H9N/c1-2-3-5-4;1-4(2)3/h2-3H2,1H3;1-3H3. The van der Waals surface area contributed by atoms with Gasteiger partial charge in [0.1, 0.15) is 0 Å². The molecule has 2 nitrogen and oxygen atoms in total. The van der Waals surface area contributed by atoms with Crippen LogP contribution in [0.25, 0.3) is 0 Å². The SMILES string of the molecule is CCCOCl.CN(C)C. The lowest BCUT2D eigenvalue weighted by Gasteiger charge is -1.90. The van der Waals surface area contributed by atoms with Gasteiger partial charge in [-0.25, -0.2) is 0 Å². The zero-order valence-electron chi connectivity index (χ0n) is 6.65. The van der Waals surface area contributed by atoms with Crippen molar-refractivity contribution in [1.82, 2.24) is 4.90 Å². The van der Waals surface area contributed by atoms with Gasteiger partial charge in [-0.05, 0) is 27.6 Å². The zero-order chi connectivity index (χ0) is 7.70. The molecule has 0 aromatic heterocycles. The van der Waals surface area contributed by atoms with Gasteiger partial charge in [0.25, 0.3) is 0 Å². The number of nitrogens with zero attached hydrogens (tertiary/aromatic N) is 1. The molecule has 9 heavy (non-hydrogen) atoms. The largest absolute Gasteiger partial charge is 0.312 e. The van der Waals surface area contributed by atoms with Crippen molar-refractivity contribution in [2.45, 2.75) is 13.3 Å². The zero-order valence-corrected chi connectivity index (χ0v) is 7.40. The minimum absolute atomic E-state index is 0.654. The fourth-order valence-corrected chi connectivity index (χ4v) is 0.231. The van der Waals surface area contributed by atoms with Crippen LogP contribution in [0.15, 0.2) is 0 Å². The van der Waals surface area contributed by atoms with Crippen LogP contribution in [0.3, 0.4) is 0 Å². The molecule has 0 spiro atoms. The van der Waals surface area contributed by atoms with Crippen molar-refractivity contribution in [3.8, 4) is 0 Å². The van der Waals surface area contributed by atoms with Gasteiger partial charge in [-0.1, -0.05) is 6.92 Å². The predicted molar refractivity (Wildman–Crippen MR) is 41.7 cm³/mol. The Morgan fingerprint density at radius 3 is 1.67 bits per heavy atom. The van der Waals surface area contributed by atoms with Crippen molar-refractivity contribution in [3.63, 3.8) is 0 Å². The van der Waals surface area contributed by atoms with Gasteiger partial charge in [-0.15, -0.1) is 0 Å². The van der Waals surface area contributed by atoms with Crippen molar-refractivity contribution in [2.75, 3.05) is 27.7 Å². The quantitative estimate of drug-likeness (QED) is 0.600. The Balaban J connectivity index is 0. The third-order valence-corrected chi connectivity index (χ3v) is 0.436. The summed E-state index contributed by atoms with van der Waals surface area (Å²) in [7, 11) is 6.00. The molecule has 3 heteroatoms. The van der Waals surface area contributed by atoms with E-state index in [1.807, 2.05) is 33.0 Å².